The molecule has 2 heterocycles. The van der Waals surface area contributed by atoms with Crippen LogP contribution in [0.3, 0.4) is 0 Å². The number of benzene rings is 1. The molecule has 0 saturated carbocycles. The van der Waals surface area contributed by atoms with E-state index in [0.717, 1.165) is 38.5 Å². The minimum atomic E-state index is -3.51. The summed E-state index contributed by atoms with van der Waals surface area (Å²) in [6, 6.07) is 10.7. The van der Waals surface area contributed by atoms with Crippen molar-refractivity contribution in [2.45, 2.75) is 49.8 Å². The fourth-order valence-corrected chi connectivity index (χ4v) is 5.58. The molecule has 1 aromatic carbocycles. The predicted molar refractivity (Wildman–Crippen MR) is 110 cm³/mol. The molecule has 1 aliphatic heterocycles. The first kappa shape index (κ1) is 20.0. The quantitative estimate of drug-likeness (QED) is 0.746. The topological polar surface area (TPSA) is 66.5 Å². The number of aryl methyl sites for hydroxylation is 1. The summed E-state index contributed by atoms with van der Waals surface area (Å²) in [6.07, 6.45) is 6.04. The van der Waals surface area contributed by atoms with Crippen LogP contribution < -0.4 is 5.32 Å². The highest BCUT2D eigenvalue weighted by Crippen LogP contribution is 2.23. The zero-order valence-corrected chi connectivity index (χ0v) is 17.0. The predicted octanol–water partition coefficient (Wildman–Crippen LogP) is 4.27. The highest BCUT2D eigenvalue weighted by molar-refractivity contribution is 7.89. The Morgan fingerprint density at radius 1 is 1.07 bits per heavy atom. The van der Waals surface area contributed by atoms with E-state index in [-0.39, 0.29) is 10.8 Å². The van der Waals surface area contributed by atoms with Gasteiger partial charge < -0.3 is 5.32 Å². The Labute approximate surface area is 165 Å². The van der Waals surface area contributed by atoms with Crippen molar-refractivity contribution in [3.8, 4) is 0 Å². The Kier molecular flexibility index (Phi) is 7.04. The molecule has 0 spiro atoms. The molecule has 0 unspecified atom stereocenters. The van der Waals surface area contributed by atoms with Crippen LogP contribution in [0, 0.1) is 0 Å². The Morgan fingerprint density at radius 3 is 2.56 bits per heavy atom. The average molecular weight is 407 g/mol. The third-order valence-electron chi connectivity index (χ3n) is 4.73. The first-order chi connectivity index (χ1) is 13.1. The summed E-state index contributed by atoms with van der Waals surface area (Å²) in [6.45, 7) is 1.14. The molecule has 7 heteroatoms. The summed E-state index contributed by atoms with van der Waals surface area (Å²) in [5.41, 5.74) is 0.534. The number of amides is 1. The van der Waals surface area contributed by atoms with E-state index in [4.69, 9.17) is 0 Å². The second-order valence-corrected chi connectivity index (χ2v) is 9.80. The number of nitrogens with zero attached hydrogens (tertiary/aromatic N) is 1. The summed E-state index contributed by atoms with van der Waals surface area (Å²) in [7, 11) is -3.51. The third-order valence-corrected chi connectivity index (χ3v) is 7.56. The molecule has 0 radical (unpaired) electrons. The van der Waals surface area contributed by atoms with Gasteiger partial charge in [0.25, 0.3) is 0 Å². The number of thiophene rings is 1. The van der Waals surface area contributed by atoms with Crippen molar-refractivity contribution in [1.29, 1.82) is 0 Å². The number of sulfonamides is 1. The molecule has 1 N–H and O–H groups in total. The van der Waals surface area contributed by atoms with Crippen molar-refractivity contribution in [2.24, 2.45) is 0 Å². The lowest BCUT2D eigenvalue weighted by Crippen LogP contribution is -2.32. The molecule has 1 fully saturated rings. The number of hydrogen-bond donors (Lipinski definition) is 1. The number of nitrogens with one attached hydrogen (secondary N) is 1. The zero-order valence-electron chi connectivity index (χ0n) is 15.4. The van der Waals surface area contributed by atoms with E-state index in [0.29, 0.717) is 25.2 Å². The van der Waals surface area contributed by atoms with Gasteiger partial charge in [0.1, 0.15) is 0 Å². The molecule has 1 aromatic heterocycles. The van der Waals surface area contributed by atoms with E-state index in [1.54, 1.807) is 39.9 Å². The zero-order chi connectivity index (χ0) is 19.1. The van der Waals surface area contributed by atoms with Gasteiger partial charge in [0.2, 0.25) is 15.9 Å². The number of hydrogen-bond acceptors (Lipinski definition) is 4. The number of carbonyl (C=O) groups excluding carboxylic acids is 1. The van der Waals surface area contributed by atoms with E-state index in [9.17, 15) is 13.2 Å². The molecule has 1 aliphatic rings. The molecular weight excluding hydrogens is 380 g/mol. The van der Waals surface area contributed by atoms with Crippen LogP contribution in [0.1, 0.15) is 43.4 Å². The van der Waals surface area contributed by atoms with Crippen LogP contribution in [0.4, 0.5) is 5.69 Å². The van der Waals surface area contributed by atoms with Gasteiger partial charge in [-0.25, -0.2) is 8.42 Å². The summed E-state index contributed by atoms with van der Waals surface area (Å²) < 4.78 is 27.4. The Hall–Kier alpha value is -1.70. The molecule has 2 aromatic rings. The fraction of sp³-hybridized carbons (Fsp3) is 0.450. The van der Waals surface area contributed by atoms with Crippen molar-refractivity contribution in [3.63, 3.8) is 0 Å². The Bertz CT molecular complexity index is 840. The summed E-state index contributed by atoms with van der Waals surface area (Å²) in [5.74, 6) is -0.0872. The average Bonchev–Trinajstić information content (AvgIpc) is 3.01. The molecule has 3 rings (SSSR count). The normalized spacial score (nSPS) is 16.0. The second-order valence-electron chi connectivity index (χ2n) is 6.83. The van der Waals surface area contributed by atoms with Crippen LogP contribution in [-0.4, -0.2) is 31.7 Å². The Morgan fingerprint density at radius 2 is 1.85 bits per heavy atom. The van der Waals surface area contributed by atoms with Gasteiger partial charge in [-0.1, -0.05) is 25.0 Å². The SMILES string of the molecule is O=C(CCCc1cccs1)Nc1cccc(S(=O)(=O)N2CCCCCC2)c1. The van der Waals surface area contributed by atoms with E-state index in [1.165, 1.54) is 4.88 Å². The third kappa shape index (κ3) is 5.64. The fourth-order valence-electron chi connectivity index (χ4n) is 3.27. The molecular formula is C20H26N2O3S2. The molecule has 1 amide bonds. The van der Waals surface area contributed by atoms with Gasteiger partial charge in [0, 0.05) is 30.1 Å². The lowest BCUT2D eigenvalue weighted by atomic mass is 10.2. The smallest absolute Gasteiger partial charge is 0.243 e. The molecule has 27 heavy (non-hydrogen) atoms. The minimum absolute atomic E-state index is 0.0872. The van der Waals surface area contributed by atoms with Crippen LogP contribution >= 0.6 is 11.3 Å². The molecule has 0 bridgehead atoms. The number of rotatable bonds is 7. The van der Waals surface area contributed by atoms with Crippen LogP contribution in [0.2, 0.25) is 0 Å². The van der Waals surface area contributed by atoms with Gasteiger partial charge in [-0.2, -0.15) is 4.31 Å². The van der Waals surface area contributed by atoms with Crippen molar-refractivity contribution in [1.82, 2.24) is 4.31 Å². The van der Waals surface area contributed by atoms with E-state index < -0.39 is 10.0 Å². The van der Waals surface area contributed by atoms with Crippen molar-refractivity contribution in [3.05, 3.63) is 46.7 Å². The van der Waals surface area contributed by atoms with Gasteiger partial charge in [-0.15, -0.1) is 11.3 Å². The number of anilines is 1. The van der Waals surface area contributed by atoms with Crippen molar-refractivity contribution in [2.75, 3.05) is 18.4 Å². The largest absolute Gasteiger partial charge is 0.326 e. The van der Waals surface area contributed by atoms with Crippen molar-refractivity contribution >= 4 is 33.0 Å². The summed E-state index contributed by atoms with van der Waals surface area (Å²) in [4.78, 5) is 13.7. The minimum Gasteiger partial charge on any atom is -0.326 e. The van der Waals surface area contributed by atoms with Gasteiger partial charge in [-0.3, -0.25) is 4.79 Å². The van der Waals surface area contributed by atoms with Crippen LogP contribution in [-0.2, 0) is 21.2 Å². The molecule has 0 aliphatic carbocycles. The molecule has 5 nitrogen and oxygen atoms in total. The first-order valence-corrected chi connectivity index (χ1v) is 11.8. The van der Waals surface area contributed by atoms with Gasteiger partial charge in [0.15, 0.2) is 0 Å². The first-order valence-electron chi connectivity index (χ1n) is 9.48. The highest BCUT2D eigenvalue weighted by Gasteiger charge is 2.25. The standard InChI is InChI=1S/C20H26N2O3S2/c23-20(12-6-9-18-10-7-15-26-18)21-17-8-5-11-19(16-17)27(24,25)22-13-3-1-2-4-14-22/h5,7-8,10-11,15-16H,1-4,6,9,12-14H2,(H,21,23). The van der Waals surface area contributed by atoms with Gasteiger partial charge >= 0.3 is 0 Å². The monoisotopic (exact) mass is 406 g/mol. The lowest BCUT2D eigenvalue weighted by Gasteiger charge is -2.20. The van der Waals surface area contributed by atoms with Crippen LogP contribution in [0.5, 0.6) is 0 Å². The highest BCUT2D eigenvalue weighted by atomic mass is 32.2. The lowest BCUT2D eigenvalue weighted by molar-refractivity contribution is -0.116. The van der Waals surface area contributed by atoms with Crippen LogP contribution in [0.25, 0.3) is 0 Å². The summed E-state index contributed by atoms with van der Waals surface area (Å²) in [5, 5.41) is 4.86. The maximum Gasteiger partial charge on any atom is 0.243 e. The second kappa shape index (κ2) is 9.48. The van der Waals surface area contributed by atoms with Crippen molar-refractivity contribution < 1.29 is 13.2 Å². The maximum atomic E-state index is 12.9. The van der Waals surface area contributed by atoms with Gasteiger partial charge in [-0.05, 0) is 55.3 Å². The van der Waals surface area contributed by atoms with E-state index in [1.807, 2.05) is 11.4 Å². The van der Waals surface area contributed by atoms with Gasteiger partial charge in [0.05, 0.1) is 4.90 Å². The molecule has 0 atom stereocenters. The Balaban J connectivity index is 1.59. The van der Waals surface area contributed by atoms with E-state index in [2.05, 4.69) is 11.4 Å². The maximum absolute atomic E-state index is 12.9. The van der Waals surface area contributed by atoms with Crippen LogP contribution in [0.15, 0.2) is 46.7 Å². The molecule has 1 saturated heterocycles. The molecule has 146 valence electrons. The van der Waals surface area contributed by atoms with E-state index >= 15 is 0 Å². The number of carbonyl (C=O) groups is 1. The summed E-state index contributed by atoms with van der Waals surface area (Å²) >= 11 is 1.70.